The third-order valence-corrected chi connectivity index (χ3v) is 5.85. The van der Waals surface area contributed by atoms with Gasteiger partial charge < -0.3 is 35.1 Å². The Morgan fingerprint density at radius 1 is 0.846 bits per heavy atom. The first-order valence-corrected chi connectivity index (χ1v) is 12.2. The quantitative estimate of drug-likeness (QED) is 0.204. The number of amides is 2. The van der Waals surface area contributed by atoms with Gasteiger partial charge in [0.25, 0.3) is 0 Å². The van der Waals surface area contributed by atoms with Gasteiger partial charge in [-0.2, -0.15) is 0 Å². The molecule has 10 heteroatoms. The SMILES string of the molecule is COC(=O)[C@](C)(Cc1ccc(O)c(O)c1)NC(=O)[C@H](COCc1ccccc1)NC(=O)OCc1ccccc1. The number of alkyl carbamates (subject to hydrolysis) is 1. The van der Waals surface area contributed by atoms with Crippen LogP contribution in [0, 0.1) is 0 Å². The van der Waals surface area contributed by atoms with E-state index in [1.165, 1.54) is 32.2 Å². The number of benzene rings is 3. The van der Waals surface area contributed by atoms with Crippen molar-refractivity contribution >= 4 is 18.0 Å². The van der Waals surface area contributed by atoms with Gasteiger partial charge in [-0.25, -0.2) is 9.59 Å². The highest BCUT2D eigenvalue weighted by Crippen LogP contribution is 2.27. The summed E-state index contributed by atoms with van der Waals surface area (Å²) in [5, 5.41) is 24.6. The molecule has 206 valence electrons. The van der Waals surface area contributed by atoms with Crippen molar-refractivity contribution < 1.29 is 38.8 Å². The van der Waals surface area contributed by atoms with Crippen molar-refractivity contribution in [3.63, 3.8) is 0 Å². The minimum Gasteiger partial charge on any atom is -0.504 e. The van der Waals surface area contributed by atoms with Crippen molar-refractivity contribution in [2.75, 3.05) is 13.7 Å². The Bertz CT molecular complexity index is 1250. The van der Waals surface area contributed by atoms with Gasteiger partial charge >= 0.3 is 12.1 Å². The largest absolute Gasteiger partial charge is 0.504 e. The molecule has 3 rings (SSSR count). The molecule has 0 aromatic heterocycles. The molecule has 3 aromatic rings. The van der Waals surface area contributed by atoms with Gasteiger partial charge in [0.2, 0.25) is 5.91 Å². The van der Waals surface area contributed by atoms with Crippen LogP contribution in [0.15, 0.2) is 78.9 Å². The van der Waals surface area contributed by atoms with Gasteiger partial charge in [0.15, 0.2) is 11.5 Å². The lowest BCUT2D eigenvalue weighted by atomic mass is 9.92. The molecule has 0 unspecified atom stereocenters. The van der Waals surface area contributed by atoms with Crippen molar-refractivity contribution in [1.82, 2.24) is 10.6 Å². The van der Waals surface area contributed by atoms with Crippen LogP contribution in [0.5, 0.6) is 11.5 Å². The number of hydrogen-bond acceptors (Lipinski definition) is 8. The number of methoxy groups -OCH3 is 1. The maximum absolute atomic E-state index is 13.4. The average Bonchev–Trinajstić information content (AvgIpc) is 2.94. The predicted octanol–water partition coefficient (Wildman–Crippen LogP) is 3.20. The first-order valence-electron chi connectivity index (χ1n) is 12.2. The van der Waals surface area contributed by atoms with Crippen LogP contribution in [0.25, 0.3) is 0 Å². The molecule has 0 bridgehead atoms. The van der Waals surface area contributed by atoms with Crippen molar-refractivity contribution in [2.24, 2.45) is 0 Å². The molecule has 0 aliphatic rings. The molecule has 0 aliphatic heterocycles. The second-order valence-electron chi connectivity index (χ2n) is 9.07. The van der Waals surface area contributed by atoms with Gasteiger partial charge in [-0.05, 0) is 35.7 Å². The van der Waals surface area contributed by atoms with Crippen LogP contribution < -0.4 is 10.6 Å². The fourth-order valence-corrected chi connectivity index (χ4v) is 3.80. The Balaban J connectivity index is 1.73. The molecule has 39 heavy (non-hydrogen) atoms. The van der Waals surface area contributed by atoms with Gasteiger partial charge in [-0.15, -0.1) is 0 Å². The molecule has 3 aromatic carbocycles. The topological polar surface area (TPSA) is 143 Å². The van der Waals surface area contributed by atoms with Gasteiger partial charge in [0, 0.05) is 6.42 Å². The number of hydrogen-bond donors (Lipinski definition) is 4. The Morgan fingerprint density at radius 3 is 2.05 bits per heavy atom. The number of carbonyl (C=O) groups excluding carboxylic acids is 3. The number of rotatable bonds is 12. The van der Waals surface area contributed by atoms with Crippen molar-refractivity contribution in [3.05, 3.63) is 95.6 Å². The Hall–Kier alpha value is -4.57. The monoisotopic (exact) mass is 536 g/mol. The molecule has 10 nitrogen and oxygen atoms in total. The minimum absolute atomic E-state index is 0.00386. The lowest BCUT2D eigenvalue weighted by Crippen LogP contribution is -2.60. The third kappa shape index (κ3) is 8.75. The van der Waals surface area contributed by atoms with Crippen LogP contribution in [0.4, 0.5) is 4.79 Å². The van der Waals surface area contributed by atoms with Gasteiger partial charge in [-0.1, -0.05) is 66.7 Å². The van der Waals surface area contributed by atoms with E-state index < -0.39 is 29.6 Å². The van der Waals surface area contributed by atoms with Gasteiger partial charge in [-0.3, -0.25) is 4.79 Å². The molecular weight excluding hydrogens is 504 g/mol. The number of carbonyl (C=O) groups is 3. The standard InChI is InChI=1S/C29H32N2O8/c1-29(27(35)37-2,16-22-13-14-24(32)25(33)15-22)31-26(34)23(19-38-17-20-9-5-3-6-10-20)30-28(36)39-18-21-11-7-4-8-12-21/h3-15,23,32-33H,16-19H2,1-2H3,(H,30,36)(H,31,34)/t23-,29-/m0/s1. The zero-order valence-electron chi connectivity index (χ0n) is 21.8. The van der Waals surface area contributed by atoms with Crippen LogP contribution in [0.2, 0.25) is 0 Å². The Labute approximate surface area is 226 Å². The second-order valence-corrected chi connectivity index (χ2v) is 9.07. The van der Waals surface area contributed by atoms with Gasteiger partial charge in [0.05, 0.1) is 20.3 Å². The highest BCUT2D eigenvalue weighted by atomic mass is 16.5. The van der Waals surface area contributed by atoms with E-state index in [0.717, 1.165) is 11.1 Å². The van der Waals surface area contributed by atoms with Crippen LogP contribution in [0.1, 0.15) is 23.6 Å². The fraction of sp³-hybridized carbons (Fsp3) is 0.276. The summed E-state index contributed by atoms with van der Waals surface area (Å²) in [6.45, 7) is 1.43. The van der Waals surface area contributed by atoms with Crippen LogP contribution >= 0.6 is 0 Å². The lowest BCUT2D eigenvalue weighted by molar-refractivity contribution is -0.150. The van der Waals surface area contributed by atoms with Crippen molar-refractivity contribution in [2.45, 2.75) is 38.1 Å². The molecule has 0 radical (unpaired) electrons. The highest BCUT2D eigenvalue weighted by molar-refractivity contribution is 5.92. The molecule has 0 saturated carbocycles. The summed E-state index contributed by atoms with van der Waals surface area (Å²) in [6, 6.07) is 21.2. The zero-order chi connectivity index (χ0) is 28.3. The first-order chi connectivity index (χ1) is 18.7. The molecule has 0 aliphatic carbocycles. The summed E-state index contributed by atoms with van der Waals surface area (Å²) in [5.74, 6) is -2.16. The summed E-state index contributed by atoms with van der Waals surface area (Å²) in [5.41, 5.74) is 0.507. The van der Waals surface area contributed by atoms with Gasteiger partial charge in [0.1, 0.15) is 18.2 Å². The van der Waals surface area contributed by atoms with Crippen LogP contribution in [0.3, 0.4) is 0 Å². The van der Waals surface area contributed by atoms with Crippen LogP contribution in [-0.2, 0) is 43.4 Å². The number of ether oxygens (including phenoxy) is 3. The summed E-state index contributed by atoms with van der Waals surface area (Å²) in [4.78, 5) is 38.7. The van der Waals surface area contributed by atoms with E-state index >= 15 is 0 Å². The molecule has 0 spiro atoms. The van der Waals surface area contributed by atoms with Crippen molar-refractivity contribution in [1.29, 1.82) is 0 Å². The average molecular weight is 537 g/mol. The van der Waals surface area contributed by atoms with E-state index in [2.05, 4.69) is 10.6 Å². The molecule has 2 amide bonds. The molecule has 0 saturated heterocycles. The smallest absolute Gasteiger partial charge is 0.408 e. The normalized spacial score (nSPS) is 13.0. The maximum atomic E-state index is 13.4. The highest BCUT2D eigenvalue weighted by Gasteiger charge is 2.38. The zero-order valence-corrected chi connectivity index (χ0v) is 21.8. The Kier molecular flexibility index (Phi) is 10.3. The van der Waals surface area contributed by atoms with Crippen LogP contribution in [-0.4, -0.2) is 53.5 Å². The van der Waals surface area contributed by atoms with E-state index in [1.807, 2.05) is 48.5 Å². The number of nitrogens with one attached hydrogen (secondary N) is 2. The summed E-state index contributed by atoms with van der Waals surface area (Å²) < 4.78 is 15.9. The van der Waals surface area contributed by atoms with E-state index in [9.17, 15) is 24.6 Å². The molecule has 4 N–H and O–H groups in total. The Morgan fingerprint density at radius 2 is 1.46 bits per heavy atom. The molecule has 0 fully saturated rings. The fourth-order valence-electron chi connectivity index (χ4n) is 3.80. The molecule has 0 heterocycles. The first kappa shape index (κ1) is 29.0. The predicted molar refractivity (Wildman–Crippen MR) is 142 cm³/mol. The second kappa shape index (κ2) is 13.8. The minimum atomic E-state index is -1.58. The van der Waals surface area contributed by atoms with Crippen molar-refractivity contribution in [3.8, 4) is 11.5 Å². The van der Waals surface area contributed by atoms with E-state index in [0.29, 0.717) is 5.56 Å². The summed E-state index contributed by atoms with van der Waals surface area (Å²) in [7, 11) is 1.18. The third-order valence-electron chi connectivity index (χ3n) is 5.85. The number of phenols is 2. The molecular formula is C29H32N2O8. The van der Waals surface area contributed by atoms with E-state index in [1.54, 1.807) is 12.1 Å². The number of aromatic hydroxyl groups is 2. The summed E-state index contributed by atoms with van der Waals surface area (Å²) in [6.07, 6.45) is -0.916. The number of esters is 1. The molecule has 2 atom stereocenters. The number of phenolic OH excluding ortho intramolecular Hbond substituents is 2. The maximum Gasteiger partial charge on any atom is 0.408 e. The van der Waals surface area contributed by atoms with E-state index in [-0.39, 0.29) is 37.7 Å². The summed E-state index contributed by atoms with van der Waals surface area (Å²) >= 11 is 0. The lowest BCUT2D eigenvalue weighted by Gasteiger charge is -2.30. The van der Waals surface area contributed by atoms with E-state index in [4.69, 9.17) is 14.2 Å².